The van der Waals surface area contributed by atoms with Crippen molar-refractivity contribution in [1.29, 1.82) is 0 Å². The molecule has 0 spiro atoms. The number of nitrogens with zero attached hydrogens (tertiary/aromatic N) is 5. The van der Waals surface area contributed by atoms with Crippen LogP contribution >= 0.6 is 0 Å². The standard InChI is InChI=1S/2C15H18N4O.C13H16N4O/c2*1-11-8-18-15(10-17-11)19-13-4-2-12(3-5-13)14-9-16-6-7-20-14;1-3-11(16-13-5-6-15-17-13)4-2-10(1)12-9-14-7-8-18-12/h2*2-5,8,10,14,16H,6-7,9H2,1H3,(H,18,19);1-6,12,14H,7-9H2,(H2,15,16,17)/t2*14-;/m10./s1. The van der Waals surface area contributed by atoms with E-state index in [1.807, 2.05) is 56.3 Å². The Hall–Kier alpha value is -5.81. The fourth-order valence-electron chi connectivity index (χ4n) is 6.37. The third-order valence-electron chi connectivity index (χ3n) is 9.52. The first-order valence-corrected chi connectivity index (χ1v) is 19.7. The first-order valence-electron chi connectivity index (χ1n) is 19.7. The minimum Gasteiger partial charge on any atom is -0.371 e. The van der Waals surface area contributed by atoms with E-state index >= 15 is 0 Å². The Morgan fingerprint density at radius 2 is 0.879 bits per heavy atom. The molecule has 3 aliphatic rings. The number of H-pyrrole nitrogens is 1. The Balaban J connectivity index is 0.000000133. The molecule has 3 aliphatic heterocycles. The van der Waals surface area contributed by atoms with E-state index in [4.69, 9.17) is 14.2 Å². The van der Waals surface area contributed by atoms with E-state index in [0.717, 1.165) is 105 Å². The number of nitrogens with one attached hydrogen (secondary N) is 7. The van der Waals surface area contributed by atoms with Crippen molar-refractivity contribution in [2.75, 3.05) is 75.0 Å². The van der Waals surface area contributed by atoms with Crippen LogP contribution in [0.2, 0.25) is 0 Å². The molecule has 6 aromatic rings. The Bertz CT molecular complexity index is 1940. The molecule has 3 aromatic heterocycles. The summed E-state index contributed by atoms with van der Waals surface area (Å²) >= 11 is 0. The second-order valence-corrected chi connectivity index (χ2v) is 14.0. The van der Waals surface area contributed by atoms with Gasteiger partial charge < -0.3 is 46.1 Å². The van der Waals surface area contributed by atoms with Crippen molar-refractivity contribution >= 4 is 34.5 Å². The van der Waals surface area contributed by atoms with Crippen LogP contribution in [-0.4, -0.2) is 89.2 Å². The molecule has 7 N–H and O–H groups in total. The van der Waals surface area contributed by atoms with Gasteiger partial charge in [-0.2, -0.15) is 5.10 Å². The van der Waals surface area contributed by atoms with Crippen LogP contribution in [0.25, 0.3) is 0 Å². The fourth-order valence-corrected chi connectivity index (χ4v) is 6.37. The lowest BCUT2D eigenvalue weighted by Crippen LogP contribution is -2.33. The summed E-state index contributed by atoms with van der Waals surface area (Å²) in [6.45, 7) is 11.6. The van der Waals surface area contributed by atoms with Gasteiger partial charge in [-0.25, -0.2) is 9.97 Å². The highest BCUT2D eigenvalue weighted by atomic mass is 16.5. The van der Waals surface area contributed by atoms with Crippen LogP contribution in [-0.2, 0) is 14.2 Å². The number of rotatable bonds is 9. The predicted octanol–water partition coefficient (Wildman–Crippen LogP) is 6.19. The maximum Gasteiger partial charge on any atom is 0.148 e. The SMILES string of the molecule is Cc1cnc(Nc2ccc([C@@H]3CNCCO3)cc2)cn1.Cc1cnc(Nc2ccc([C@H]3CNCCO3)cc2)cn1.c1cc(Nc2ccc(C3CNCCO3)cc2)[nH]n1. The predicted molar refractivity (Wildman–Crippen MR) is 226 cm³/mol. The second-order valence-electron chi connectivity index (χ2n) is 14.0. The van der Waals surface area contributed by atoms with E-state index in [2.05, 4.69) is 98.4 Å². The van der Waals surface area contributed by atoms with Gasteiger partial charge in [0.15, 0.2) is 0 Å². The molecule has 3 aromatic carbocycles. The summed E-state index contributed by atoms with van der Waals surface area (Å²) in [7, 11) is 0. The lowest BCUT2D eigenvalue weighted by Gasteiger charge is -2.24. The Morgan fingerprint density at radius 1 is 0.483 bits per heavy atom. The van der Waals surface area contributed by atoms with Crippen molar-refractivity contribution in [3.8, 4) is 0 Å². The van der Waals surface area contributed by atoms with E-state index in [9.17, 15) is 0 Å². The molecule has 6 heterocycles. The normalized spacial score (nSPS) is 19.0. The number of ether oxygens (including phenoxy) is 3. The number of hydrogen-bond acceptors (Lipinski definition) is 14. The summed E-state index contributed by atoms with van der Waals surface area (Å²) in [5.74, 6) is 2.39. The molecule has 3 fully saturated rings. The van der Waals surface area contributed by atoms with Crippen LogP contribution in [0.3, 0.4) is 0 Å². The molecule has 0 aliphatic carbocycles. The molecule has 0 bridgehead atoms. The van der Waals surface area contributed by atoms with Crippen molar-refractivity contribution in [1.82, 2.24) is 46.1 Å². The van der Waals surface area contributed by atoms with Crippen LogP contribution in [0.1, 0.15) is 46.4 Å². The maximum absolute atomic E-state index is 5.73. The van der Waals surface area contributed by atoms with Gasteiger partial charge >= 0.3 is 0 Å². The van der Waals surface area contributed by atoms with Crippen molar-refractivity contribution in [2.24, 2.45) is 0 Å². The van der Waals surface area contributed by atoms with Gasteiger partial charge in [-0.1, -0.05) is 36.4 Å². The largest absolute Gasteiger partial charge is 0.371 e. The van der Waals surface area contributed by atoms with Gasteiger partial charge in [0.2, 0.25) is 0 Å². The lowest BCUT2D eigenvalue weighted by atomic mass is 10.1. The molecule has 0 amide bonds. The topological polar surface area (TPSA) is 180 Å². The minimum atomic E-state index is 0.150. The number of aryl methyl sites for hydroxylation is 2. The van der Waals surface area contributed by atoms with Gasteiger partial charge in [0, 0.05) is 62.4 Å². The van der Waals surface area contributed by atoms with E-state index in [1.54, 1.807) is 31.0 Å². The van der Waals surface area contributed by atoms with Crippen LogP contribution in [0.5, 0.6) is 0 Å². The highest BCUT2D eigenvalue weighted by Gasteiger charge is 2.17. The highest BCUT2D eigenvalue weighted by molar-refractivity contribution is 5.57. The summed E-state index contributed by atoms with van der Waals surface area (Å²) in [6.07, 6.45) is 9.15. The number of aromatic nitrogens is 6. The van der Waals surface area contributed by atoms with Crippen LogP contribution < -0.4 is 31.9 Å². The number of aromatic amines is 1. The lowest BCUT2D eigenvalue weighted by molar-refractivity contribution is 0.0276. The Morgan fingerprint density at radius 3 is 1.19 bits per heavy atom. The van der Waals surface area contributed by atoms with Gasteiger partial charge in [-0.3, -0.25) is 15.1 Å². The molecule has 0 radical (unpaired) electrons. The summed E-state index contributed by atoms with van der Waals surface area (Å²) in [4.78, 5) is 17.0. The first kappa shape index (κ1) is 40.4. The third kappa shape index (κ3) is 12.3. The van der Waals surface area contributed by atoms with Gasteiger partial charge in [0.1, 0.15) is 17.5 Å². The van der Waals surface area contributed by atoms with Gasteiger partial charge in [-0.05, 0) is 66.9 Å². The van der Waals surface area contributed by atoms with Crippen LogP contribution in [0.15, 0.2) is 110 Å². The smallest absolute Gasteiger partial charge is 0.148 e. The molecule has 0 saturated carbocycles. The summed E-state index contributed by atoms with van der Waals surface area (Å²) < 4.78 is 17.2. The number of morpholine rings is 3. The van der Waals surface area contributed by atoms with Crippen LogP contribution in [0, 0.1) is 13.8 Å². The minimum absolute atomic E-state index is 0.150. The van der Waals surface area contributed by atoms with E-state index < -0.39 is 0 Å². The van der Waals surface area contributed by atoms with Crippen molar-refractivity contribution in [2.45, 2.75) is 32.2 Å². The zero-order valence-electron chi connectivity index (χ0n) is 32.9. The molecule has 15 nitrogen and oxygen atoms in total. The number of hydrogen-bond donors (Lipinski definition) is 7. The summed E-state index contributed by atoms with van der Waals surface area (Å²) in [5, 5.41) is 26.5. The van der Waals surface area contributed by atoms with Crippen molar-refractivity contribution < 1.29 is 14.2 Å². The quantitative estimate of drug-likeness (QED) is 0.0882. The molecule has 9 rings (SSSR count). The average molecular weight is 785 g/mol. The molecule has 1 unspecified atom stereocenters. The summed E-state index contributed by atoms with van der Waals surface area (Å²) in [5.41, 5.74) is 8.44. The molecular weight excluding hydrogens is 733 g/mol. The zero-order chi connectivity index (χ0) is 39.8. The van der Waals surface area contributed by atoms with E-state index in [-0.39, 0.29) is 18.3 Å². The zero-order valence-corrected chi connectivity index (χ0v) is 32.9. The van der Waals surface area contributed by atoms with Gasteiger partial charge in [0.25, 0.3) is 0 Å². The monoisotopic (exact) mass is 784 g/mol. The second kappa shape index (κ2) is 21.1. The van der Waals surface area contributed by atoms with Crippen molar-refractivity contribution in [3.63, 3.8) is 0 Å². The molecule has 15 heteroatoms. The van der Waals surface area contributed by atoms with E-state index in [0.29, 0.717) is 0 Å². The van der Waals surface area contributed by atoms with Crippen molar-refractivity contribution in [3.05, 3.63) is 138 Å². The molecule has 3 saturated heterocycles. The molecule has 302 valence electrons. The average Bonchev–Trinajstić information content (AvgIpc) is 3.81. The molecular formula is C43H52N12O3. The maximum atomic E-state index is 5.73. The third-order valence-corrected chi connectivity index (χ3v) is 9.52. The van der Waals surface area contributed by atoms with Gasteiger partial charge in [0.05, 0.1) is 80.5 Å². The highest BCUT2D eigenvalue weighted by Crippen LogP contribution is 2.24. The Kier molecular flexibility index (Phi) is 14.7. The number of anilines is 6. The van der Waals surface area contributed by atoms with Crippen LogP contribution in [0.4, 0.5) is 34.5 Å². The fraction of sp³-hybridized carbons (Fsp3) is 0.326. The number of benzene rings is 3. The molecule has 3 atom stereocenters. The Labute approximate surface area is 339 Å². The van der Waals surface area contributed by atoms with Gasteiger partial charge in [-0.15, -0.1) is 0 Å². The summed E-state index contributed by atoms with van der Waals surface area (Å²) in [6, 6.07) is 26.7. The first-order chi connectivity index (χ1) is 28.5. The molecule has 58 heavy (non-hydrogen) atoms. The van der Waals surface area contributed by atoms with E-state index in [1.165, 1.54) is 16.7 Å².